The minimum Gasteiger partial charge on any atom is -0.544 e. The quantitative estimate of drug-likeness (QED) is 0.932. The highest BCUT2D eigenvalue weighted by Crippen LogP contribution is 2.25. The lowest BCUT2D eigenvalue weighted by atomic mass is 10.1. The van der Waals surface area contributed by atoms with Gasteiger partial charge in [-0.15, -0.1) is 11.3 Å². The van der Waals surface area contributed by atoms with E-state index in [4.69, 9.17) is 0 Å². The Bertz CT molecular complexity index is 682. The average molecular weight is 307 g/mol. The van der Waals surface area contributed by atoms with Gasteiger partial charge in [0.15, 0.2) is 0 Å². The first-order chi connectivity index (χ1) is 9.88. The van der Waals surface area contributed by atoms with Gasteiger partial charge >= 0.3 is 0 Å². The number of carbonyl (C=O) groups is 2. The van der Waals surface area contributed by atoms with Crippen molar-refractivity contribution in [1.29, 1.82) is 0 Å². The molecule has 0 bridgehead atoms. The van der Waals surface area contributed by atoms with Crippen LogP contribution < -0.4 is 10.4 Å². The number of halogens is 1. The topological polar surface area (TPSA) is 82.1 Å². The highest BCUT2D eigenvalue weighted by Gasteiger charge is 2.21. The summed E-state index contributed by atoms with van der Waals surface area (Å²) in [5, 5.41) is 13.9. The van der Waals surface area contributed by atoms with E-state index in [9.17, 15) is 19.1 Å². The number of rotatable bonds is 4. The number of carbonyl (C=O) groups excluding carboxylic acids is 2. The molecule has 110 valence electrons. The Labute approximate surface area is 124 Å². The largest absolute Gasteiger partial charge is 0.544 e. The van der Waals surface area contributed by atoms with Crippen molar-refractivity contribution in [3.05, 3.63) is 45.7 Å². The van der Waals surface area contributed by atoms with Crippen molar-refractivity contribution in [2.45, 2.75) is 19.8 Å². The van der Waals surface area contributed by atoms with Crippen LogP contribution in [-0.2, 0) is 4.79 Å². The molecule has 0 aliphatic rings. The number of nitrogens with zero attached hydrogens (tertiary/aromatic N) is 1. The van der Waals surface area contributed by atoms with Crippen LogP contribution in [0.5, 0.6) is 0 Å². The van der Waals surface area contributed by atoms with E-state index in [0.717, 1.165) is 11.3 Å². The second kappa shape index (κ2) is 6.01. The van der Waals surface area contributed by atoms with E-state index in [0.29, 0.717) is 16.4 Å². The molecular weight excluding hydrogens is 295 g/mol. The Morgan fingerprint density at radius 3 is 2.48 bits per heavy atom. The fraction of sp³-hybridized carbons (Fsp3) is 0.214. The molecule has 1 heterocycles. The summed E-state index contributed by atoms with van der Waals surface area (Å²) in [6.45, 7) is 3.17. The first-order valence-corrected chi connectivity index (χ1v) is 6.95. The molecule has 5 nitrogen and oxygen atoms in total. The number of hydrogen-bond acceptors (Lipinski definition) is 5. The molecule has 0 fully saturated rings. The number of aryl methyl sites for hydroxylation is 1. The van der Waals surface area contributed by atoms with Gasteiger partial charge in [-0.2, -0.15) is 0 Å². The molecule has 0 aliphatic carbocycles. The third kappa shape index (κ3) is 3.43. The maximum absolute atomic E-state index is 12.8. The summed E-state index contributed by atoms with van der Waals surface area (Å²) >= 11 is 0.923. The van der Waals surface area contributed by atoms with Crippen LogP contribution in [0.3, 0.4) is 0 Å². The molecule has 1 N–H and O–H groups in total. The summed E-state index contributed by atoms with van der Waals surface area (Å²) in [4.78, 5) is 27.1. The molecular formula is C14H12FN2O3S-. The molecule has 0 radical (unpaired) electrons. The van der Waals surface area contributed by atoms with Crippen LogP contribution in [0.1, 0.15) is 33.2 Å². The van der Waals surface area contributed by atoms with Gasteiger partial charge < -0.3 is 15.2 Å². The van der Waals surface area contributed by atoms with Gasteiger partial charge in [0.25, 0.3) is 0 Å². The zero-order valence-corrected chi connectivity index (χ0v) is 12.2. The van der Waals surface area contributed by atoms with E-state index < -0.39 is 17.7 Å². The monoisotopic (exact) mass is 307 g/mol. The first kappa shape index (κ1) is 15.1. The second-order valence-electron chi connectivity index (χ2n) is 4.47. The van der Waals surface area contributed by atoms with Gasteiger partial charge in [-0.05, 0) is 38.1 Å². The van der Waals surface area contributed by atoms with Crippen molar-refractivity contribution in [3.8, 4) is 0 Å². The molecule has 2 rings (SSSR count). The fourth-order valence-corrected chi connectivity index (χ4v) is 2.64. The van der Waals surface area contributed by atoms with Crippen LogP contribution in [-0.4, -0.2) is 16.9 Å². The maximum Gasteiger partial charge on any atom is 0.234 e. The zero-order chi connectivity index (χ0) is 15.6. The number of anilines is 1. The number of carboxylic acid groups (broad SMARTS) is 1. The van der Waals surface area contributed by atoms with Crippen molar-refractivity contribution in [2.24, 2.45) is 0 Å². The van der Waals surface area contributed by atoms with Crippen molar-refractivity contribution in [2.75, 3.05) is 5.32 Å². The van der Waals surface area contributed by atoms with Crippen LogP contribution in [0.2, 0.25) is 0 Å². The molecule has 7 heteroatoms. The number of benzene rings is 1. The molecule has 0 unspecified atom stereocenters. The van der Waals surface area contributed by atoms with Gasteiger partial charge in [-0.3, -0.25) is 4.79 Å². The summed E-state index contributed by atoms with van der Waals surface area (Å²) in [7, 11) is 0. The highest BCUT2D eigenvalue weighted by atomic mass is 32.1. The van der Waals surface area contributed by atoms with Gasteiger partial charge in [-0.25, -0.2) is 9.37 Å². The maximum atomic E-state index is 12.8. The van der Waals surface area contributed by atoms with Crippen LogP contribution in [0.25, 0.3) is 0 Å². The fourth-order valence-electron chi connectivity index (χ4n) is 1.69. The summed E-state index contributed by atoms with van der Waals surface area (Å²) in [6.07, 6.45) is 0. The lowest BCUT2D eigenvalue weighted by molar-refractivity contribution is -0.254. The average Bonchev–Trinajstić information content (AvgIpc) is 2.82. The van der Waals surface area contributed by atoms with E-state index in [-0.39, 0.29) is 10.8 Å². The SMILES string of the molecule is Cc1nc([C@H](C)C(=O)Nc2ccc(F)cc2)sc1C(=O)[O-]. The Hall–Kier alpha value is -2.28. The molecule has 0 saturated carbocycles. The number of amides is 1. The molecule has 1 aromatic carbocycles. The molecule has 1 atom stereocenters. The summed E-state index contributed by atoms with van der Waals surface area (Å²) in [5.41, 5.74) is 0.790. The summed E-state index contributed by atoms with van der Waals surface area (Å²) < 4.78 is 12.8. The normalized spacial score (nSPS) is 12.0. The van der Waals surface area contributed by atoms with Crippen LogP contribution in [0, 0.1) is 12.7 Å². The van der Waals surface area contributed by atoms with Gasteiger partial charge in [0.2, 0.25) is 5.91 Å². The third-order valence-corrected chi connectivity index (χ3v) is 4.19. The molecule has 0 spiro atoms. The van der Waals surface area contributed by atoms with Crippen LogP contribution in [0.15, 0.2) is 24.3 Å². The predicted octanol–water partition coefficient (Wildman–Crippen LogP) is 1.70. The molecule has 0 saturated heterocycles. The van der Waals surface area contributed by atoms with Crippen molar-refractivity contribution < 1.29 is 19.1 Å². The minimum absolute atomic E-state index is 0.0198. The molecule has 21 heavy (non-hydrogen) atoms. The lowest BCUT2D eigenvalue weighted by Crippen LogP contribution is -2.21. The number of thiazole rings is 1. The summed E-state index contributed by atoms with van der Waals surface area (Å²) in [6, 6.07) is 5.36. The number of hydrogen-bond donors (Lipinski definition) is 1. The van der Waals surface area contributed by atoms with Gasteiger partial charge in [0, 0.05) is 5.69 Å². The second-order valence-corrected chi connectivity index (χ2v) is 5.50. The zero-order valence-electron chi connectivity index (χ0n) is 11.3. The lowest BCUT2D eigenvalue weighted by Gasteiger charge is -2.09. The Morgan fingerprint density at radius 2 is 1.95 bits per heavy atom. The molecule has 0 aliphatic heterocycles. The Morgan fingerprint density at radius 1 is 1.33 bits per heavy atom. The summed E-state index contributed by atoms with van der Waals surface area (Å²) in [5.74, 6) is -2.66. The van der Waals surface area contributed by atoms with E-state index in [1.54, 1.807) is 13.8 Å². The van der Waals surface area contributed by atoms with Crippen molar-refractivity contribution >= 4 is 28.9 Å². The third-order valence-electron chi connectivity index (χ3n) is 2.87. The van der Waals surface area contributed by atoms with Gasteiger partial charge in [0.05, 0.1) is 22.5 Å². The number of aromatic carboxylic acids is 1. The van der Waals surface area contributed by atoms with E-state index in [1.807, 2.05) is 0 Å². The van der Waals surface area contributed by atoms with Crippen LogP contribution in [0.4, 0.5) is 10.1 Å². The van der Waals surface area contributed by atoms with E-state index >= 15 is 0 Å². The first-order valence-electron chi connectivity index (χ1n) is 6.13. The minimum atomic E-state index is -1.30. The van der Waals surface area contributed by atoms with Crippen molar-refractivity contribution in [1.82, 2.24) is 4.98 Å². The van der Waals surface area contributed by atoms with E-state index in [2.05, 4.69) is 10.3 Å². The standard InChI is InChI=1S/C14H13FN2O3S/c1-7(13-16-8(2)11(21-13)14(19)20)12(18)17-10-5-3-9(15)4-6-10/h3-7H,1-2H3,(H,17,18)(H,19,20)/p-1/t7-/m1/s1. The highest BCUT2D eigenvalue weighted by molar-refractivity contribution is 7.13. The Kier molecular flexibility index (Phi) is 4.32. The number of nitrogens with one attached hydrogen (secondary N) is 1. The smallest absolute Gasteiger partial charge is 0.234 e. The Balaban J connectivity index is 2.13. The molecule has 1 amide bonds. The van der Waals surface area contributed by atoms with E-state index in [1.165, 1.54) is 24.3 Å². The van der Waals surface area contributed by atoms with Gasteiger partial charge in [0.1, 0.15) is 10.8 Å². The number of carboxylic acids is 1. The van der Waals surface area contributed by atoms with Gasteiger partial charge in [-0.1, -0.05) is 0 Å². The molecule has 2 aromatic rings. The van der Waals surface area contributed by atoms with Crippen LogP contribution >= 0.6 is 11.3 Å². The number of aromatic nitrogens is 1. The predicted molar refractivity (Wildman–Crippen MR) is 74.6 cm³/mol. The van der Waals surface area contributed by atoms with Crippen molar-refractivity contribution in [3.63, 3.8) is 0 Å². The molecule has 1 aromatic heterocycles.